The minimum Gasteiger partial charge on any atom is -0.352 e. The van der Waals surface area contributed by atoms with Gasteiger partial charge in [0.1, 0.15) is 6.04 Å². The zero-order chi connectivity index (χ0) is 22.9. The van der Waals surface area contributed by atoms with Gasteiger partial charge in [-0.1, -0.05) is 43.3 Å². The minimum absolute atomic E-state index is 0.00106. The molecule has 3 rings (SSSR count). The molecule has 0 unspecified atom stereocenters. The summed E-state index contributed by atoms with van der Waals surface area (Å²) in [5.74, 6) is -0.208. The molecule has 1 aromatic heterocycles. The lowest BCUT2D eigenvalue weighted by molar-refractivity contribution is -0.133. The van der Waals surface area contributed by atoms with Crippen molar-refractivity contribution in [2.24, 2.45) is 5.92 Å². The first-order chi connectivity index (χ1) is 15.5. The van der Waals surface area contributed by atoms with Crippen molar-refractivity contribution in [1.29, 1.82) is 0 Å². The molecule has 1 fully saturated rings. The normalized spacial score (nSPS) is 16.2. The summed E-state index contributed by atoms with van der Waals surface area (Å²) in [6.07, 6.45) is 3.44. The van der Waals surface area contributed by atoms with Crippen molar-refractivity contribution in [2.45, 2.75) is 58.0 Å². The van der Waals surface area contributed by atoms with Gasteiger partial charge in [-0.05, 0) is 55.5 Å². The molecule has 1 saturated heterocycles. The van der Waals surface area contributed by atoms with Crippen molar-refractivity contribution in [3.8, 4) is 0 Å². The number of hydrogen-bond acceptors (Lipinski definition) is 4. The molecular formula is C25H33N3O3S. The molecule has 2 heterocycles. The highest BCUT2D eigenvalue weighted by Crippen LogP contribution is 2.23. The maximum Gasteiger partial charge on any atom is 0.262 e. The smallest absolute Gasteiger partial charge is 0.262 e. The van der Waals surface area contributed by atoms with E-state index in [-0.39, 0.29) is 29.7 Å². The number of benzene rings is 1. The highest BCUT2D eigenvalue weighted by Gasteiger charge is 2.34. The van der Waals surface area contributed by atoms with E-state index in [9.17, 15) is 14.4 Å². The molecule has 1 aliphatic heterocycles. The summed E-state index contributed by atoms with van der Waals surface area (Å²) in [6, 6.07) is 13.1. The summed E-state index contributed by atoms with van der Waals surface area (Å²) >= 11 is 1.36. The van der Waals surface area contributed by atoms with Gasteiger partial charge in [0, 0.05) is 25.6 Å². The Hall–Kier alpha value is -2.67. The van der Waals surface area contributed by atoms with E-state index in [0.29, 0.717) is 37.2 Å². The summed E-state index contributed by atoms with van der Waals surface area (Å²) in [5, 5.41) is 7.83. The van der Waals surface area contributed by atoms with E-state index in [1.165, 1.54) is 11.3 Å². The molecule has 0 aliphatic carbocycles. The predicted octanol–water partition coefficient (Wildman–Crippen LogP) is 3.63. The predicted molar refractivity (Wildman–Crippen MR) is 128 cm³/mol. The third-order valence-corrected chi connectivity index (χ3v) is 7.02. The third-order valence-electron chi connectivity index (χ3n) is 6.15. The first-order valence-corrected chi connectivity index (χ1v) is 12.3. The maximum absolute atomic E-state index is 13.0. The molecule has 2 N–H and O–H groups in total. The Morgan fingerprint density at radius 1 is 1.06 bits per heavy atom. The van der Waals surface area contributed by atoms with Gasteiger partial charge in [0.2, 0.25) is 11.8 Å². The number of carbonyl (C=O) groups excluding carboxylic acids is 3. The van der Waals surface area contributed by atoms with Crippen molar-refractivity contribution in [3.63, 3.8) is 0 Å². The average Bonchev–Trinajstić information content (AvgIpc) is 3.36. The van der Waals surface area contributed by atoms with Crippen LogP contribution < -0.4 is 10.6 Å². The van der Waals surface area contributed by atoms with Crippen molar-refractivity contribution in [1.82, 2.24) is 15.5 Å². The SMILES string of the molecule is CC[C@@H](C)NC(=O)[C@H](NC(=O)c1cccs1)C1CCN(C(=O)CCc2ccccc2)CC1. The van der Waals surface area contributed by atoms with E-state index in [1.54, 1.807) is 6.07 Å². The maximum atomic E-state index is 13.0. The van der Waals surface area contributed by atoms with E-state index in [1.807, 2.05) is 60.5 Å². The van der Waals surface area contributed by atoms with Crippen LogP contribution in [0.15, 0.2) is 47.8 Å². The highest BCUT2D eigenvalue weighted by atomic mass is 32.1. The fourth-order valence-electron chi connectivity index (χ4n) is 3.99. The van der Waals surface area contributed by atoms with Crippen molar-refractivity contribution in [2.75, 3.05) is 13.1 Å². The van der Waals surface area contributed by atoms with Crippen LogP contribution in [0.1, 0.15) is 54.8 Å². The number of aryl methyl sites for hydroxylation is 1. The van der Waals surface area contributed by atoms with Gasteiger partial charge in [-0.3, -0.25) is 14.4 Å². The topological polar surface area (TPSA) is 78.5 Å². The molecular weight excluding hydrogens is 422 g/mol. The molecule has 0 spiro atoms. The highest BCUT2D eigenvalue weighted by molar-refractivity contribution is 7.12. The van der Waals surface area contributed by atoms with Crippen LogP contribution in [0.2, 0.25) is 0 Å². The van der Waals surface area contributed by atoms with Crippen LogP contribution in [0.25, 0.3) is 0 Å². The Morgan fingerprint density at radius 3 is 2.41 bits per heavy atom. The van der Waals surface area contributed by atoms with Crippen LogP contribution in [-0.2, 0) is 16.0 Å². The Labute approximate surface area is 194 Å². The molecule has 2 aromatic rings. The second-order valence-corrected chi connectivity index (χ2v) is 9.40. The molecule has 3 amide bonds. The number of carbonyl (C=O) groups is 3. The van der Waals surface area contributed by atoms with Gasteiger partial charge in [-0.25, -0.2) is 0 Å². The molecule has 172 valence electrons. The standard InChI is InChI=1S/C25H33N3O3S/c1-3-18(2)26-25(31)23(27-24(30)21-10-7-17-32-21)20-13-15-28(16-14-20)22(29)12-11-19-8-5-4-6-9-19/h4-10,17-18,20,23H,3,11-16H2,1-2H3,(H,26,31)(H,27,30)/t18-,23-/m1/s1. The van der Waals surface area contributed by atoms with E-state index in [2.05, 4.69) is 10.6 Å². The molecule has 7 heteroatoms. The van der Waals surface area contributed by atoms with Gasteiger partial charge in [0.05, 0.1) is 4.88 Å². The zero-order valence-corrected chi connectivity index (χ0v) is 19.7. The number of amides is 3. The molecule has 32 heavy (non-hydrogen) atoms. The van der Waals surface area contributed by atoms with Crippen molar-refractivity contribution < 1.29 is 14.4 Å². The summed E-state index contributed by atoms with van der Waals surface area (Å²) < 4.78 is 0. The molecule has 0 bridgehead atoms. The lowest BCUT2D eigenvalue weighted by atomic mass is 9.88. The zero-order valence-electron chi connectivity index (χ0n) is 18.9. The number of nitrogens with one attached hydrogen (secondary N) is 2. The van der Waals surface area contributed by atoms with Crippen LogP contribution in [0.3, 0.4) is 0 Å². The molecule has 1 aliphatic rings. The van der Waals surface area contributed by atoms with Crippen LogP contribution in [-0.4, -0.2) is 47.8 Å². The van der Waals surface area contributed by atoms with E-state index in [4.69, 9.17) is 0 Å². The van der Waals surface area contributed by atoms with Crippen molar-refractivity contribution >= 4 is 29.1 Å². The number of likely N-dealkylation sites (tertiary alicyclic amines) is 1. The van der Waals surface area contributed by atoms with Crippen LogP contribution in [0, 0.1) is 5.92 Å². The van der Waals surface area contributed by atoms with Gasteiger partial charge >= 0.3 is 0 Å². The van der Waals surface area contributed by atoms with Gasteiger partial charge in [0.25, 0.3) is 5.91 Å². The molecule has 0 radical (unpaired) electrons. The van der Waals surface area contributed by atoms with E-state index >= 15 is 0 Å². The second kappa shape index (κ2) is 11.8. The fraction of sp³-hybridized carbons (Fsp3) is 0.480. The van der Waals surface area contributed by atoms with Gasteiger partial charge in [-0.2, -0.15) is 0 Å². The summed E-state index contributed by atoms with van der Waals surface area (Å²) in [7, 11) is 0. The Kier molecular flexibility index (Phi) is 8.85. The lowest BCUT2D eigenvalue weighted by Crippen LogP contribution is -2.55. The largest absolute Gasteiger partial charge is 0.352 e. The Bertz CT molecular complexity index is 877. The summed E-state index contributed by atoms with van der Waals surface area (Å²) in [4.78, 5) is 40.8. The van der Waals surface area contributed by atoms with E-state index in [0.717, 1.165) is 18.4 Å². The molecule has 0 saturated carbocycles. The van der Waals surface area contributed by atoms with Gasteiger partial charge in [-0.15, -0.1) is 11.3 Å². The van der Waals surface area contributed by atoms with E-state index < -0.39 is 6.04 Å². The number of nitrogens with zero attached hydrogens (tertiary/aromatic N) is 1. The Balaban J connectivity index is 1.57. The third kappa shape index (κ3) is 6.66. The average molecular weight is 456 g/mol. The van der Waals surface area contributed by atoms with Crippen LogP contribution in [0.5, 0.6) is 0 Å². The second-order valence-electron chi connectivity index (χ2n) is 8.45. The molecule has 1 aromatic carbocycles. The minimum atomic E-state index is -0.597. The lowest BCUT2D eigenvalue weighted by Gasteiger charge is -2.36. The van der Waals surface area contributed by atoms with Crippen molar-refractivity contribution in [3.05, 3.63) is 58.3 Å². The number of rotatable bonds is 9. The first-order valence-electron chi connectivity index (χ1n) is 11.4. The quantitative estimate of drug-likeness (QED) is 0.606. The number of piperidine rings is 1. The number of thiophene rings is 1. The van der Waals surface area contributed by atoms with Crippen LogP contribution in [0.4, 0.5) is 0 Å². The summed E-state index contributed by atoms with van der Waals surface area (Å²) in [6.45, 7) is 5.20. The van der Waals surface area contributed by atoms with Crippen LogP contribution >= 0.6 is 11.3 Å². The monoisotopic (exact) mass is 455 g/mol. The van der Waals surface area contributed by atoms with Gasteiger partial charge < -0.3 is 15.5 Å². The fourth-order valence-corrected chi connectivity index (χ4v) is 4.62. The summed E-state index contributed by atoms with van der Waals surface area (Å²) in [5.41, 5.74) is 1.16. The first kappa shape index (κ1) is 24.0. The molecule has 6 nitrogen and oxygen atoms in total. The Morgan fingerprint density at radius 2 is 1.78 bits per heavy atom. The van der Waals surface area contributed by atoms with Gasteiger partial charge in [0.15, 0.2) is 0 Å². The molecule has 2 atom stereocenters. The number of hydrogen-bond donors (Lipinski definition) is 2.